The molecule has 0 aliphatic heterocycles. The summed E-state index contributed by atoms with van der Waals surface area (Å²) in [4.78, 5) is 32.0. The Hall–Kier alpha value is -1.76. The van der Waals surface area contributed by atoms with Crippen LogP contribution < -0.4 is 5.32 Å². The van der Waals surface area contributed by atoms with Gasteiger partial charge in [-0.25, -0.2) is 4.39 Å². The van der Waals surface area contributed by atoms with Gasteiger partial charge in [-0.2, -0.15) is 0 Å². The number of hydrogen-bond acceptors (Lipinski definition) is 3. The third kappa shape index (κ3) is 4.75. The lowest BCUT2D eigenvalue weighted by Crippen LogP contribution is -2.25. The van der Waals surface area contributed by atoms with Gasteiger partial charge in [0.15, 0.2) is 5.66 Å². The summed E-state index contributed by atoms with van der Waals surface area (Å²) in [5, 5.41) is 4.91. The van der Waals surface area contributed by atoms with E-state index in [9.17, 15) is 23.5 Å². The molecule has 0 radical (unpaired) electrons. The van der Waals surface area contributed by atoms with Crippen LogP contribution in [0, 0.1) is 0 Å². The van der Waals surface area contributed by atoms with E-state index in [1.807, 2.05) is 0 Å². The van der Waals surface area contributed by atoms with E-state index in [1.54, 1.807) is 41.8 Å². The molecule has 1 aliphatic rings. The third-order valence-corrected chi connectivity index (χ3v) is 6.42. The lowest BCUT2D eigenvalue weighted by atomic mass is 10.1. The summed E-state index contributed by atoms with van der Waals surface area (Å²) in [6.07, 6.45) is 6.71. The maximum atomic E-state index is 13.0. The van der Waals surface area contributed by atoms with Crippen LogP contribution in [-0.2, 0) is 9.36 Å². The molecule has 0 spiro atoms. The van der Waals surface area contributed by atoms with E-state index in [0.717, 1.165) is 4.70 Å². The van der Waals surface area contributed by atoms with Crippen molar-refractivity contribution in [3.05, 3.63) is 70.2 Å². The Morgan fingerprint density at radius 1 is 1.44 bits per heavy atom. The lowest BCUT2D eigenvalue weighted by molar-refractivity contribution is -0.120. The Balaban J connectivity index is 1.85. The number of fused-ring (bicyclic) bond motifs is 1. The minimum absolute atomic E-state index is 0.230. The fraction of sp³-hybridized carbons (Fsp3) is 0.167. The highest BCUT2D eigenvalue weighted by Crippen LogP contribution is 2.54. The molecule has 0 bridgehead atoms. The van der Waals surface area contributed by atoms with E-state index in [2.05, 4.69) is 5.32 Å². The van der Waals surface area contributed by atoms with Crippen LogP contribution in [0.3, 0.4) is 0 Å². The van der Waals surface area contributed by atoms with Crippen molar-refractivity contribution in [2.45, 2.75) is 18.3 Å². The molecule has 1 aromatic carbocycles. The van der Waals surface area contributed by atoms with Gasteiger partial charge in [-0.05, 0) is 52.3 Å². The van der Waals surface area contributed by atoms with Crippen molar-refractivity contribution < 1.29 is 23.5 Å². The Morgan fingerprint density at radius 3 is 2.89 bits per heavy atom. The van der Waals surface area contributed by atoms with Gasteiger partial charge < -0.3 is 15.1 Å². The van der Waals surface area contributed by atoms with Gasteiger partial charge in [-0.15, -0.1) is 11.3 Å². The first-order chi connectivity index (χ1) is 12.8. The van der Waals surface area contributed by atoms with Crippen LogP contribution in [0.25, 0.3) is 10.1 Å². The molecule has 2 atom stereocenters. The van der Waals surface area contributed by atoms with Crippen LogP contribution in [0.4, 0.5) is 4.39 Å². The van der Waals surface area contributed by atoms with Crippen LogP contribution in [0.15, 0.2) is 59.7 Å². The fourth-order valence-electron chi connectivity index (χ4n) is 2.74. The summed E-state index contributed by atoms with van der Waals surface area (Å²) in [6, 6.07) is 4.99. The van der Waals surface area contributed by atoms with Gasteiger partial charge in [0.2, 0.25) is 5.91 Å². The molecule has 1 heterocycles. The molecule has 142 valence electrons. The average molecular weight is 428 g/mol. The number of carbonyl (C=O) groups is 1. The van der Waals surface area contributed by atoms with Gasteiger partial charge in [0.25, 0.3) is 0 Å². The summed E-state index contributed by atoms with van der Waals surface area (Å²) in [5.41, 5.74) is -0.723. The molecule has 1 amide bonds. The van der Waals surface area contributed by atoms with Crippen LogP contribution in [0.2, 0.25) is 5.02 Å². The second-order valence-electron chi connectivity index (χ2n) is 5.98. The predicted octanol–water partition coefficient (Wildman–Crippen LogP) is 4.63. The largest absolute Gasteiger partial charge is 0.342 e. The molecular weight excluding hydrogens is 412 g/mol. The highest BCUT2D eigenvalue weighted by Gasteiger charge is 2.38. The molecule has 5 nitrogen and oxygen atoms in total. The van der Waals surface area contributed by atoms with Gasteiger partial charge in [-0.3, -0.25) is 9.36 Å². The molecule has 3 N–H and O–H groups in total. The van der Waals surface area contributed by atoms with Crippen molar-refractivity contribution in [1.29, 1.82) is 0 Å². The van der Waals surface area contributed by atoms with E-state index in [0.29, 0.717) is 16.0 Å². The van der Waals surface area contributed by atoms with E-state index >= 15 is 0 Å². The maximum absolute atomic E-state index is 13.0. The van der Waals surface area contributed by atoms with Crippen molar-refractivity contribution in [2.75, 3.05) is 0 Å². The molecule has 1 aromatic heterocycles. The van der Waals surface area contributed by atoms with Crippen molar-refractivity contribution in [1.82, 2.24) is 5.32 Å². The molecule has 0 fully saturated rings. The standard InChI is InChI=1S/C18H16ClFNO4PS/c19-12-3-6-16-14(9-12)15(10-27-16)17(26(23,24)25)18(22)21-8-7-11-1-4-13(20)5-2-11/h1-4,6-10,13,17H,5H2,(H,21,22)(H2,23,24,25)/b8-7+. The number of rotatable bonds is 5. The SMILES string of the molecule is O=C(N/C=C/C1=CCC(F)C=C1)C(c1csc2ccc(Cl)cc12)P(=O)(O)O. The molecular formula is C18H16ClFNO4PS. The Bertz CT molecular complexity index is 1010. The highest BCUT2D eigenvalue weighted by molar-refractivity contribution is 7.53. The van der Waals surface area contributed by atoms with Crippen molar-refractivity contribution >= 4 is 46.5 Å². The summed E-state index contributed by atoms with van der Waals surface area (Å²) in [7, 11) is -4.78. The molecule has 3 rings (SSSR count). The van der Waals surface area contributed by atoms with Crippen molar-refractivity contribution in [3.8, 4) is 0 Å². The number of thiophene rings is 1. The summed E-state index contributed by atoms with van der Waals surface area (Å²) >= 11 is 7.26. The Kier molecular flexibility index (Phi) is 5.99. The molecule has 0 saturated carbocycles. The predicted molar refractivity (Wildman–Crippen MR) is 106 cm³/mol. The van der Waals surface area contributed by atoms with E-state index in [4.69, 9.17) is 11.6 Å². The van der Waals surface area contributed by atoms with Gasteiger partial charge in [0, 0.05) is 22.3 Å². The Morgan fingerprint density at radius 2 is 2.22 bits per heavy atom. The molecule has 2 aromatic rings. The zero-order chi connectivity index (χ0) is 19.6. The zero-order valence-corrected chi connectivity index (χ0v) is 16.3. The minimum Gasteiger partial charge on any atom is -0.332 e. The summed E-state index contributed by atoms with van der Waals surface area (Å²) in [5.74, 6) is -0.831. The first-order valence-corrected chi connectivity index (χ1v) is 10.9. The minimum atomic E-state index is -4.78. The fourth-order valence-corrected chi connectivity index (χ4v) is 4.94. The Labute approximate surface area is 164 Å². The second kappa shape index (κ2) is 8.09. The first-order valence-electron chi connectivity index (χ1n) is 7.97. The normalized spacial score (nSPS) is 18.7. The zero-order valence-electron chi connectivity index (χ0n) is 13.9. The number of halogens is 2. The van der Waals surface area contributed by atoms with Gasteiger partial charge in [0.05, 0.1) is 0 Å². The van der Waals surface area contributed by atoms with Crippen molar-refractivity contribution in [3.63, 3.8) is 0 Å². The molecule has 9 heteroatoms. The molecule has 2 unspecified atom stereocenters. The third-order valence-electron chi connectivity index (χ3n) is 4.02. The summed E-state index contributed by atoms with van der Waals surface area (Å²) in [6.45, 7) is 0. The number of amides is 1. The number of benzene rings is 1. The quantitative estimate of drug-likeness (QED) is 0.607. The average Bonchev–Trinajstić information content (AvgIpc) is 2.98. The number of carbonyl (C=O) groups excluding carboxylic acids is 1. The molecule has 27 heavy (non-hydrogen) atoms. The van der Waals surface area contributed by atoms with Crippen LogP contribution in [0.1, 0.15) is 17.6 Å². The van der Waals surface area contributed by atoms with E-state index in [-0.39, 0.29) is 12.0 Å². The second-order valence-corrected chi connectivity index (χ2v) is 9.02. The van der Waals surface area contributed by atoms with Gasteiger partial charge in [-0.1, -0.05) is 23.8 Å². The smallest absolute Gasteiger partial charge is 0.332 e. The summed E-state index contributed by atoms with van der Waals surface area (Å²) < 4.78 is 25.8. The number of nitrogens with one attached hydrogen (secondary N) is 1. The van der Waals surface area contributed by atoms with E-state index < -0.39 is 25.3 Å². The van der Waals surface area contributed by atoms with E-state index in [1.165, 1.54) is 23.6 Å². The van der Waals surface area contributed by atoms with Crippen LogP contribution in [0.5, 0.6) is 0 Å². The number of hydrogen-bond donors (Lipinski definition) is 3. The molecule has 0 saturated heterocycles. The topological polar surface area (TPSA) is 86.6 Å². The monoisotopic (exact) mass is 427 g/mol. The van der Waals surface area contributed by atoms with Gasteiger partial charge >= 0.3 is 7.60 Å². The number of allylic oxidation sites excluding steroid dienone is 5. The first kappa shape index (κ1) is 20.0. The number of alkyl halides is 1. The molecule has 1 aliphatic carbocycles. The van der Waals surface area contributed by atoms with Crippen LogP contribution >= 0.6 is 30.5 Å². The lowest BCUT2D eigenvalue weighted by Gasteiger charge is -2.17. The van der Waals surface area contributed by atoms with Crippen molar-refractivity contribution in [2.24, 2.45) is 0 Å². The highest BCUT2D eigenvalue weighted by atomic mass is 35.5. The van der Waals surface area contributed by atoms with Crippen LogP contribution in [-0.4, -0.2) is 21.9 Å². The maximum Gasteiger partial charge on any atom is 0.342 e. The van der Waals surface area contributed by atoms with Gasteiger partial charge in [0.1, 0.15) is 6.17 Å².